The first kappa shape index (κ1) is 11.8. The molecule has 0 aliphatic rings. The molecule has 1 aromatic rings. The molecule has 0 aliphatic carbocycles. The SMILES string of the molecule is C=C(/C=c1/cc(C(C)(C)O)oc1=C)CC. The first-order valence-corrected chi connectivity index (χ1v) is 5.05. The molecule has 0 bridgehead atoms. The van der Waals surface area contributed by atoms with E-state index in [9.17, 15) is 5.11 Å². The Morgan fingerprint density at radius 1 is 1.60 bits per heavy atom. The molecule has 1 heterocycles. The largest absolute Gasteiger partial charge is 0.459 e. The van der Waals surface area contributed by atoms with E-state index < -0.39 is 5.60 Å². The normalized spacial score (nSPS) is 13.2. The summed E-state index contributed by atoms with van der Waals surface area (Å²) >= 11 is 0. The van der Waals surface area contributed by atoms with E-state index in [1.165, 1.54) is 0 Å². The highest BCUT2D eigenvalue weighted by molar-refractivity contribution is 5.44. The molecule has 82 valence electrons. The third-order valence-electron chi connectivity index (χ3n) is 2.26. The Morgan fingerprint density at radius 2 is 2.20 bits per heavy atom. The minimum absolute atomic E-state index is 0.530. The molecule has 0 spiro atoms. The average Bonchev–Trinajstić information content (AvgIpc) is 2.47. The molecule has 0 amide bonds. The standard InChI is InChI=1S/C13H18O2/c1-6-9(2)7-11-8-12(13(4,5)14)15-10(11)3/h7-8,14H,2-3,6H2,1,4-5H3/b11-7-. The Bertz CT molecular complexity index is 458. The Balaban J connectivity index is 3.25. The first-order valence-electron chi connectivity index (χ1n) is 5.05. The van der Waals surface area contributed by atoms with Gasteiger partial charge in [-0.1, -0.05) is 25.7 Å². The molecule has 0 saturated carbocycles. The van der Waals surface area contributed by atoms with Crippen molar-refractivity contribution in [3.05, 3.63) is 34.6 Å². The van der Waals surface area contributed by atoms with Crippen LogP contribution in [0.4, 0.5) is 0 Å². The molecule has 0 unspecified atom stereocenters. The highest BCUT2D eigenvalue weighted by Gasteiger charge is 2.19. The van der Waals surface area contributed by atoms with Crippen molar-refractivity contribution in [3.63, 3.8) is 0 Å². The predicted octanol–water partition coefficient (Wildman–Crippen LogP) is 1.66. The van der Waals surface area contributed by atoms with Gasteiger partial charge in [-0.25, -0.2) is 0 Å². The van der Waals surface area contributed by atoms with Gasteiger partial charge in [-0.15, -0.1) is 0 Å². The predicted molar refractivity (Wildman–Crippen MR) is 62.6 cm³/mol. The van der Waals surface area contributed by atoms with Crippen LogP contribution in [0.15, 0.2) is 22.6 Å². The molecular weight excluding hydrogens is 188 g/mol. The number of allylic oxidation sites excluding steroid dienone is 1. The summed E-state index contributed by atoms with van der Waals surface area (Å²) in [7, 11) is 0. The van der Waals surface area contributed by atoms with Crippen LogP contribution < -0.4 is 10.6 Å². The van der Waals surface area contributed by atoms with Crippen LogP contribution in [0.2, 0.25) is 0 Å². The Labute approximate surface area is 90.2 Å². The molecule has 0 aliphatic heterocycles. The molecule has 1 rings (SSSR count). The second kappa shape index (κ2) is 4.07. The van der Waals surface area contributed by atoms with E-state index in [0.717, 1.165) is 17.2 Å². The Kier molecular flexibility index (Phi) is 3.20. The molecule has 0 saturated heterocycles. The van der Waals surface area contributed by atoms with Crippen LogP contribution in [-0.4, -0.2) is 5.11 Å². The second-order valence-electron chi connectivity index (χ2n) is 4.20. The van der Waals surface area contributed by atoms with Gasteiger partial charge in [0.15, 0.2) is 0 Å². The highest BCUT2D eigenvalue weighted by atomic mass is 16.4. The summed E-state index contributed by atoms with van der Waals surface area (Å²) in [6, 6.07) is 1.81. The summed E-state index contributed by atoms with van der Waals surface area (Å²) in [6.07, 6.45) is 2.82. The van der Waals surface area contributed by atoms with Gasteiger partial charge in [0.05, 0.1) is 0 Å². The Hall–Kier alpha value is -1.28. The van der Waals surface area contributed by atoms with E-state index in [1.54, 1.807) is 13.8 Å². The maximum Gasteiger partial charge on any atom is 0.136 e. The van der Waals surface area contributed by atoms with Gasteiger partial charge in [0, 0.05) is 5.22 Å². The van der Waals surface area contributed by atoms with E-state index in [4.69, 9.17) is 4.42 Å². The number of furan rings is 1. The molecule has 0 radical (unpaired) electrons. The van der Waals surface area contributed by atoms with Gasteiger partial charge in [0.25, 0.3) is 0 Å². The van der Waals surface area contributed by atoms with Crippen molar-refractivity contribution in [1.29, 1.82) is 0 Å². The van der Waals surface area contributed by atoms with Gasteiger partial charge in [0.2, 0.25) is 0 Å². The molecule has 15 heavy (non-hydrogen) atoms. The van der Waals surface area contributed by atoms with Crippen LogP contribution in [0.3, 0.4) is 0 Å². The fourth-order valence-electron chi connectivity index (χ4n) is 1.19. The van der Waals surface area contributed by atoms with Crippen LogP contribution in [0, 0.1) is 0 Å². The van der Waals surface area contributed by atoms with Gasteiger partial charge in [-0.3, -0.25) is 0 Å². The fraction of sp³-hybridized carbons (Fsp3) is 0.385. The van der Waals surface area contributed by atoms with Gasteiger partial charge < -0.3 is 9.52 Å². The summed E-state index contributed by atoms with van der Waals surface area (Å²) in [5.41, 5.74) is 0.622. The molecular formula is C13H18O2. The summed E-state index contributed by atoms with van der Waals surface area (Å²) < 4.78 is 5.39. The van der Waals surface area contributed by atoms with Crippen molar-refractivity contribution < 1.29 is 9.52 Å². The maximum absolute atomic E-state index is 9.76. The van der Waals surface area contributed by atoms with Gasteiger partial charge in [0.1, 0.15) is 16.8 Å². The van der Waals surface area contributed by atoms with Crippen molar-refractivity contribution in [3.8, 4) is 0 Å². The zero-order valence-electron chi connectivity index (χ0n) is 9.63. The van der Waals surface area contributed by atoms with Crippen molar-refractivity contribution in [1.82, 2.24) is 0 Å². The summed E-state index contributed by atoms with van der Waals surface area (Å²) in [4.78, 5) is 0. The molecule has 0 aromatic carbocycles. The molecule has 0 atom stereocenters. The molecule has 0 fully saturated rings. The second-order valence-corrected chi connectivity index (χ2v) is 4.20. The molecule has 2 nitrogen and oxygen atoms in total. The molecule has 1 N–H and O–H groups in total. The monoisotopic (exact) mass is 206 g/mol. The van der Waals surface area contributed by atoms with Crippen LogP contribution in [-0.2, 0) is 5.60 Å². The fourth-order valence-corrected chi connectivity index (χ4v) is 1.19. The lowest BCUT2D eigenvalue weighted by Gasteiger charge is -2.12. The van der Waals surface area contributed by atoms with Crippen LogP contribution in [0.25, 0.3) is 12.7 Å². The number of rotatable bonds is 3. The summed E-state index contributed by atoms with van der Waals surface area (Å²) in [5, 5.41) is 10.6. The minimum Gasteiger partial charge on any atom is -0.459 e. The average molecular weight is 206 g/mol. The van der Waals surface area contributed by atoms with Crippen LogP contribution in [0.5, 0.6) is 0 Å². The lowest BCUT2D eigenvalue weighted by molar-refractivity contribution is 0.0530. The Morgan fingerprint density at radius 3 is 2.60 bits per heavy atom. The third-order valence-corrected chi connectivity index (χ3v) is 2.26. The summed E-state index contributed by atoms with van der Waals surface area (Å²) in [5.74, 6) is 0.530. The first-order chi connectivity index (χ1) is 6.84. The molecule has 1 aromatic heterocycles. The van der Waals surface area contributed by atoms with E-state index in [0.29, 0.717) is 11.2 Å². The lowest BCUT2D eigenvalue weighted by Crippen LogP contribution is -2.16. The minimum atomic E-state index is -0.966. The van der Waals surface area contributed by atoms with E-state index in [-0.39, 0.29) is 0 Å². The van der Waals surface area contributed by atoms with Gasteiger partial charge in [-0.2, -0.15) is 0 Å². The summed E-state index contributed by atoms with van der Waals surface area (Å²) in [6.45, 7) is 13.1. The van der Waals surface area contributed by atoms with E-state index in [2.05, 4.69) is 13.2 Å². The van der Waals surface area contributed by atoms with Gasteiger partial charge in [-0.05, 0) is 32.4 Å². The molecule has 2 heteroatoms. The van der Waals surface area contributed by atoms with Crippen molar-refractivity contribution in [2.75, 3.05) is 0 Å². The van der Waals surface area contributed by atoms with Crippen LogP contribution >= 0.6 is 0 Å². The quantitative estimate of drug-likeness (QED) is 0.816. The van der Waals surface area contributed by atoms with Crippen molar-refractivity contribution in [2.24, 2.45) is 0 Å². The van der Waals surface area contributed by atoms with Crippen LogP contribution in [0.1, 0.15) is 33.0 Å². The number of hydrogen-bond donors (Lipinski definition) is 1. The smallest absolute Gasteiger partial charge is 0.136 e. The van der Waals surface area contributed by atoms with Crippen molar-refractivity contribution >= 4 is 12.7 Å². The number of hydrogen-bond acceptors (Lipinski definition) is 2. The third kappa shape index (κ3) is 2.83. The van der Waals surface area contributed by atoms with Crippen molar-refractivity contribution in [2.45, 2.75) is 32.8 Å². The highest BCUT2D eigenvalue weighted by Crippen LogP contribution is 2.16. The number of aliphatic hydroxyl groups is 1. The van der Waals surface area contributed by atoms with E-state index in [1.807, 2.05) is 19.1 Å². The zero-order chi connectivity index (χ0) is 11.6. The topological polar surface area (TPSA) is 33.4 Å². The zero-order valence-corrected chi connectivity index (χ0v) is 9.63. The lowest BCUT2D eigenvalue weighted by atomic mass is 10.1. The van der Waals surface area contributed by atoms with Gasteiger partial charge >= 0.3 is 0 Å². The van der Waals surface area contributed by atoms with E-state index >= 15 is 0 Å². The maximum atomic E-state index is 9.76.